The lowest BCUT2D eigenvalue weighted by atomic mass is 10.2. The fourth-order valence-electron chi connectivity index (χ4n) is 1.87. The van der Waals surface area contributed by atoms with E-state index in [-0.39, 0.29) is 0 Å². The highest BCUT2D eigenvalue weighted by molar-refractivity contribution is 4.92. The number of nitrogens with one attached hydrogen (secondary N) is 1. The first kappa shape index (κ1) is 13.7. The smallest absolute Gasteiger partial charge is 0.105 e. The fourth-order valence-corrected chi connectivity index (χ4v) is 1.87. The molecule has 0 aliphatic heterocycles. The molecular weight excluding hydrogens is 240 g/mol. The summed E-state index contributed by atoms with van der Waals surface area (Å²) in [7, 11) is 0. The summed E-state index contributed by atoms with van der Waals surface area (Å²) >= 11 is 0. The summed E-state index contributed by atoms with van der Waals surface area (Å²) in [5.74, 6) is 1.68. The van der Waals surface area contributed by atoms with Crippen LogP contribution in [-0.2, 0) is 19.6 Å². The van der Waals surface area contributed by atoms with Crippen LogP contribution in [0.4, 0.5) is 0 Å². The third-order valence-corrected chi connectivity index (χ3v) is 2.94. The van der Waals surface area contributed by atoms with Gasteiger partial charge in [0.1, 0.15) is 5.82 Å². The molecule has 0 bridgehead atoms. The molecule has 0 saturated carbocycles. The van der Waals surface area contributed by atoms with E-state index < -0.39 is 0 Å². The Morgan fingerprint density at radius 3 is 2.84 bits per heavy atom. The molecule has 0 fully saturated rings. The van der Waals surface area contributed by atoms with Gasteiger partial charge in [-0.2, -0.15) is 0 Å². The van der Waals surface area contributed by atoms with Gasteiger partial charge in [0.05, 0.1) is 12.2 Å². The maximum absolute atomic E-state index is 4.20. The minimum Gasteiger partial charge on any atom is -0.333 e. The summed E-state index contributed by atoms with van der Waals surface area (Å²) in [4.78, 5) is 4.20. The van der Waals surface area contributed by atoms with Crippen LogP contribution in [0.3, 0.4) is 0 Å². The van der Waals surface area contributed by atoms with Gasteiger partial charge in [0.15, 0.2) is 0 Å². The van der Waals surface area contributed by atoms with Crippen molar-refractivity contribution in [2.75, 3.05) is 6.54 Å². The van der Waals surface area contributed by atoms with Gasteiger partial charge in [0, 0.05) is 31.7 Å². The van der Waals surface area contributed by atoms with Crippen molar-refractivity contribution in [1.29, 1.82) is 0 Å². The Labute approximate surface area is 113 Å². The Balaban J connectivity index is 1.79. The standard InChI is InChI=1S/C13H22N6/c1-11(2)8-14-9-13-10-19(17-16-13)7-6-18-5-4-15-12(18)3/h4-5,10-11,14H,6-9H2,1-3H3. The van der Waals surface area contributed by atoms with Crippen molar-refractivity contribution in [3.8, 4) is 0 Å². The van der Waals surface area contributed by atoms with E-state index in [2.05, 4.69) is 39.0 Å². The Bertz CT molecular complexity index is 499. The molecule has 0 aliphatic carbocycles. The minimum absolute atomic E-state index is 0.652. The number of nitrogens with zero attached hydrogens (tertiary/aromatic N) is 5. The van der Waals surface area contributed by atoms with Crippen molar-refractivity contribution in [1.82, 2.24) is 29.9 Å². The van der Waals surface area contributed by atoms with Crippen molar-refractivity contribution in [3.05, 3.63) is 30.1 Å². The molecule has 0 unspecified atom stereocenters. The number of aryl methyl sites for hydroxylation is 3. The maximum atomic E-state index is 4.20. The summed E-state index contributed by atoms with van der Waals surface area (Å²) in [6.07, 6.45) is 5.80. The van der Waals surface area contributed by atoms with Crippen molar-refractivity contribution in [2.24, 2.45) is 5.92 Å². The van der Waals surface area contributed by atoms with Gasteiger partial charge in [-0.3, -0.25) is 4.68 Å². The van der Waals surface area contributed by atoms with Crippen LogP contribution in [0.25, 0.3) is 0 Å². The molecule has 0 saturated heterocycles. The van der Waals surface area contributed by atoms with E-state index in [4.69, 9.17) is 0 Å². The number of rotatable bonds is 7. The topological polar surface area (TPSA) is 60.6 Å². The molecule has 0 spiro atoms. The molecule has 19 heavy (non-hydrogen) atoms. The normalized spacial score (nSPS) is 11.4. The van der Waals surface area contributed by atoms with Crippen LogP contribution in [0.15, 0.2) is 18.6 Å². The van der Waals surface area contributed by atoms with Crippen molar-refractivity contribution < 1.29 is 0 Å². The van der Waals surface area contributed by atoms with Gasteiger partial charge in [-0.15, -0.1) is 5.10 Å². The molecule has 2 aromatic heterocycles. The van der Waals surface area contributed by atoms with Crippen molar-refractivity contribution in [3.63, 3.8) is 0 Å². The number of hydrogen-bond donors (Lipinski definition) is 1. The second-order valence-corrected chi connectivity index (χ2v) is 5.17. The average Bonchev–Trinajstić information content (AvgIpc) is 2.95. The highest BCUT2D eigenvalue weighted by Gasteiger charge is 2.02. The van der Waals surface area contributed by atoms with Crippen LogP contribution in [0.5, 0.6) is 0 Å². The number of hydrogen-bond acceptors (Lipinski definition) is 4. The maximum Gasteiger partial charge on any atom is 0.105 e. The zero-order valence-electron chi connectivity index (χ0n) is 11.9. The molecule has 0 aliphatic rings. The first-order chi connectivity index (χ1) is 9.15. The summed E-state index contributed by atoms with van der Waals surface area (Å²) in [5, 5.41) is 11.7. The molecule has 0 radical (unpaired) electrons. The van der Waals surface area contributed by atoms with Gasteiger partial charge < -0.3 is 9.88 Å². The summed E-state index contributed by atoms with van der Waals surface area (Å²) in [5.41, 5.74) is 0.989. The lowest BCUT2D eigenvalue weighted by Crippen LogP contribution is -2.19. The molecule has 0 aromatic carbocycles. The van der Waals surface area contributed by atoms with Crippen LogP contribution in [-0.4, -0.2) is 31.1 Å². The molecule has 0 amide bonds. The predicted molar refractivity (Wildman–Crippen MR) is 73.5 cm³/mol. The Morgan fingerprint density at radius 2 is 2.16 bits per heavy atom. The molecule has 1 N–H and O–H groups in total. The van der Waals surface area contributed by atoms with Crippen molar-refractivity contribution in [2.45, 2.75) is 40.4 Å². The first-order valence-corrected chi connectivity index (χ1v) is 6.72. The molecule has 6 nitrogen and oxygen atoms in total. The van der Waals surface area contributed by atoms with Crippen LogP contribution in [0, 0.1) is 12.8 Å². The van der Waals surface area contributed by atoms with Crippen LogP contribution in [0.2, 0.25) is 0 Å². The van der Waals surface area contributed by atoms with Gasteiger partial charge in [-0.25, -0.2) is 4.98 Å². The van der Waals surface area contributed by atoms with E-state index in [0.29, 0.717) is 5.92 Å². The number of aromatic nitrogens is 5. The minimum atomic E-state index is 0.652. The third-order valence-electron chi connectivity index (χ3n) is 2.94. The molecule has 6 heteroatoms. The van der Waals surface area contributed by atoms with Gasteiger partial charge in [0.2, 0.25) is 0 Å². The molecule has 104 valence electrons. The lowest BCUT2D eigenvalue weighted by Gasteiger charge is -2.05. The van der Waals surface area contributed by atoms with E-state index in [1.807, 2.05) is 30.2 Å². The fraction of sp³-hybridized carbons (Fsp3) is 0.615. The SMILES string of the molecule is Cc1nccn1CCn1cc(CNCC(C)C)nn1. The second-order valence-electron chi connectivity index (χ2n) is 5.17. The molecular formula is C13H22N6. The Hall–Kier alpha value is -1.69. The summed E-state index contributed by atoms with van der Waals surface area (Å²) in [6.45, 7) is 9.85. The van der Waals surface area contributed by atoms with E-state index in [1.165, 1.54) is 0 Å². The largest absolute Gasteiger partial charge is 0.333 e. The summed E-state index contributed by atoms with van der Waals surface area (Å²) in [6, 6.07) is 0. The highest BCUT2D eigenvalue weighted by Crippen LogP contribution is 1.98. The first-order valence-electron chi connectivity index (χ1n) is 6.72. The monoisotopic (exact) mass is 262 g/mol. The van der Waals surface area contributed by atoms with E-state index in [9.17, 15) is 0 Å². The average molecular weight is 262 g/mol. The van der Waals surface area contributed by atoms with Gasteiger partial charge in [-0.05, 0) is 19.4 Å². The Kier molecular flexibility index (Phi) is 4.68. The number of imidazole rings is 1. The lowest BCUT2D eigenvalue weighted by molar-refractivity contribution is 0.513. The molecule has 2 heterocycles. The van der Waals surface area contributed by atoms with E-state index in [1.54, 1.807) is 0 Å². The van der Waals surface area contributed by atoms with Gasteiger partial charge >= 0.3 is 0 Å². The van der Waals surface area contributed by atoms with Gasteiger partial charge in [0.25, 0.3) is 0 Å². The second kappa shape index (κ2) is 6.47. The zero-order chi connectivity index (χ0) is 13.7. The molecule has 2 aromatic rings. The zero-order valence-corrected chi connectivity index (χ0v) is 11.9. The summed E-state index contributed by atoms with van der Waals surface area (Å²) < 4.78 is 3.99. The van der Waals surface area contributed by atoms with Crippen molar-refractivity contribution >= 4 is 0 Å². The van der Waals surface area contributed by atoms with E-state index >= 15 is 0 Å². The third kappa shape index (κ3) is 4.17. The predicted octanol–water partition coefficient (Wildman–Crippen LogP) is 1.23. The van der Waals surface area contributed by atoms with Crippen LogP contribution < -0.4 is 5.32 Å². The van der Waals surface area contributed by atoms with E-state index in [0.717, 1.165) is 37.7 Å². The highest BCUT2D eigenvalue weighted by atomic mass is 15.4. The van der Waals surface area contributed by atoms with Gasteiger partial charge in [-0.1, -0.05) is 19.1 Å². The Morgan fingerprint density at radius 1 is 1.32 bits per heavy atom. The van der Waals surface area contributed by atoms with Crippen LogP contribution in [0.1, 0.15) is 25.4 Å². The quantitative estimate of drug-likeness (QED) is 0.815. The molecule has 0 atom stereocenters. The molecule has 2 rings (SSSR count). The van der Waals surface area contributed by atoms with Crippen LogP contribution >= 0.6 is 0 Å².